The molecule has 1 aliphatic carbocycles. The third-order valence-corrected chi connectivity index (χ3v) is 4.95. The first-order valence-corrected chi connectivity index (χ1v) is 8.00. The Balaban J connectivity index is 1.89. The van der Waals surface area contributed by atoms with Gasteiger partial charge in [0.05, 0.1) is 11.2 Å². The SMILES string of the molecule is NC(=O)C1CC(c2c(-c3ccc(F)cc3)[nH]c3c(F)cc(F)cc23)C1. The van der Waals surface area contributed by atoms with Crippen LogP contribution in [-0.4, -0.2) is 10.9 Å². The maximum atomic E-state index is 14.2. The van der Waals surface area contributed by atoms with E-state index in [4.69, 9.17) is 5.73 Å². The molecular formula is C19H15F3N2O. The molecule has 1 aromatic heterocycles. The number of benzene rings is 2. The third-order valence-electron chi connectivity index (χ3n) is 4.95. The van der Waals surface area contributed by atoms with Crippen molar-refractivity contribution in [1.29, 1.82) is 0 Å². The zero-order valence-electron chi connectivity index (χ0n) is 13.2. The molecule has 3 aromatic rings. The topological polar surface area (TPSA) is 58.9 Å². The first-order chi connectivity index (χ1) is 11.9. The number of carbonyl (C=O) groups excluding carboxylic acids is 1. The number of nitrogens with two attached hydrogens (primary N) is 1. The maximum Gasteiger partial charge on any atom is 0.220 e. The van der Waals surface area contributed by atoms with E-state index in [2.05, 4.69) is 4.98 Å². The van der Waals surface area contributed by atoms with E-state index in [0.29, 0.717) is 29.5 Å². The molecule has 0 aliphatic heterocycles. The van der Waals surface area contributed by atoms with Crippen molar-refractivity contribution in [3.8, 4) is 11.3 Å². The van der Waals surface area contributed by atoms with Gasteiger partial charge in [0.2, 0.25) is 5.91 Å². The third kappa shape index (κ3) is 2.58. The Bertz CT molecular complexity index is 972. The lowest BCUT2D eigenvalue weighted by atomic mass is 9.70. The molecule has 3 nitrogen and oxygen atoms in total. The highest BCUT2D eigenvalue weighted by atomic mass is 19.1. The molecule has 3 N–H and O–H groups in total. The summed E-state index contributed by atoms with van der Waals surface area (Å²) in [5.74, 6) is -2.35. The van der Waals surface area contributed by atoms with E-state index in [1.807, 2.05) is 0 Å². The van der Waals surface area contributed by atoms with Crippen LogP contribution in [0.3, 0.4) is 0 Å². The number of hydrogen-bond acceptors (Lipinski definition) is 1. The fourth-order valence-corrected chi connectivity index (χ4v) is 3.59. The van der Waals surface area contributed by atoms with Gasteiger partial charge < -0.3 is 10.7 Å². The van der Waals surface area contributed by atoms with Crippen molar-refractivity contribution in [2.45, 2.75) is 18.8 Å². The van der Waals surface area contributed by atoms with Gasteiger partial charge in [0.15, 0.2) is 0 Å². The van der Waals surface area contributed by atoms with E-state index < -0.39 is 11.6 Å². The molecule has 2 aromatic carbocycles. The number of aromatic nitrogens is 1. The molecule has 128 valence electrons. The molecule has 0 atom stereocenters. The maximum absolute atomic E-state index is 14.2. The predicted octanol–water partition coefficient (Wildman–Crippen LogP) is 4.23. The summed E-state index contributed by atoms with van der Waals surface area (Å²) in [5.41, 5.74) is 7.58. The van der Waals surface area contributed by atoms with Gasteiger partial charge in [-0.1, -0.05) is 0 Å². The second-order valence-electron chi connectivity index (χ2n) is 6.50. The standard InChI is InChI=1S/C19H15F3N2O/c20-12-3-1-9(2-4-12)17-16(10-5-11(6-10)19(23)25)14-7-13(21)8-15(22)18(14)24-17/h1-4,7-8,10-11,24H,5-6H2,(H2,23,25). The normalized spacial score (nSPS) is 19.8. The summed E-state index contributed by atoms with van der Waals surface area (Å²) in [5, 5.41) is 0.449. The van der Waals surface area contributed by atoms with Gasteiger partial charge in [-0.25, -0.2) is 13.2 Å². The molecule has 0 spiro atoms. The lowest BCUT2D eigenvalue weighted by Gasteiger charge is -2.33. The van der Waals surface area contributed by atoms with Crippen LogP contribution < -0.4 is 5.73 Å². The molecule has 0 radical (unpaired) electrons. The average Bonchev–Trinajstić information content (AvgIpc) is 2.86. The van der Waals surface area contributed by atoms with Crippen molar-refractivity contribution in [3.05, 3.63) is 59.4 Å². The molecule has 1 heterocycles. The lowest BCUT2D eigenvalue weighted by Crippen LogP contribution is -2.34. The molecule has 1 saturated carbocycles. The fourth-order valence-electron chi connectivity index (χ4n) is 3.59. The van der Waals surface area contributed by atoms with Gasteiger partial charge in [-0.2, -0.15) is 0 Å². The van der Waals surface area contributed by atoms with E-state index >= 15 is 0 Å². The minimum Gasteiger partial charge on any atom is -0.369 e. The number of fused-ring (bicyclic) bond motifs is 1. The number of hydrogen-bond donors (Lipinski definition) is 2. The number of nitrogens with one attached hydrogen (secondary N) is 1. The van der Waals surface area contributed by atoms with Gasteiger partial charge in [-0.3, -0.25) is 4.79 Å². The zero-order chi connectivity index (χ0) is 17.7. The predicted molar refractivity (Wildman–Crippen MR) is 88.3 cm³/mol. The summed E-state index contributed by atoms with van der Waals surface area (Å²) in [7, 11) is 0. The second-order valence-corrected chi connectivity index (χ2v) is 6.50. The quantitative estimate of drug-likeness (QED) is 0.734. The van der Waals surface area contributed by atoms with Crippen LogP contribution in [-0.2, 0) is 4.79 Å². The highest BCUT2D eigenvalue weighted by Gasteiger charge is 2.37. The van der Waals surface area contributed by atoms with E-state index in [1.54, 1.807) is 12.1 Å². The minimum atomic E-state index is -0.685. The number of aromatic amines is 1. The van der Waals surface area contributed by atoms with Gasteiger partial charge in [0.25, 0.3) is 0 Å². The van der Waals surface area contributed by atoms with Crippen LogP contribution in [0, 0.1) is 23.4 Å². The Morgan fingerprint density at radius 2 is 1.72 bits per heavy atom. The summed E-state index contributed by atoms with van der Waals surface area (Å²) in [4.78, 5) is 14.3. The van der Waals surface area contributed by atoms with Gasteiger partial charge in [0.1, 0.15) is 17.5 Å². The molecule has 0 saturated heterocycles. The van der Waals surface area contributed by atoms with Crippen molar-refractivity contribution in [1.82, 2.24) is 4.98 Å². The number of H-pyrrole nitrogens is 1. The molecule has 0 bridgehead atoms. The summed E-state index contributed by atoms with van der Waals surface area (Å²) in [6.07, 6.45) is 1.07. The Kier molecular flexibility index (Phi) is 3.56. The summed E-state index contributed by atoms with van der Waals surface area (Å²) in [6, 6.07) is 7.91. The Morgan fingerprint density at radius 1 is 1.04 bits per heavy atom. The fraction of sp³-hybridized carbons (Fsp3) is 0.211. The van der Waals surface area contributed by atoms with E-state index in [1.165, 1.54) is 18.2 Å². The molecule has 4 rings (SSSR count). The Morgan fingerprint density at radius 3 is 2.36 bits per heavy atom. The number of halogens is 3. The first kappa shape index (κ1) is 15.7. The number of rotatable bonds is 3. The molecule has 1 fully saturated rings. The lowest BCUT2D eigenvalue weighted by molar-refractivity contribution is -0.124. The number of amides is 1. The highest BCUT2D eigenvalue weighted by molar-refractivity contribution is 5.92. The van der Waals surface area contributed by atoms with Gasteiger partial charge in [0, 0.05) is 17.4 Å². The number of carbonyl (C=O) groups is 1. The highest BCUT2D eigenvalue weighted by Crippen LogP contribution is 2.48. The summed E-state index contributed by atoms with van der Waals surface area (Å²) < 4.78 is 41.2. The summed E-state index contributed by atoms with van der Waals surface area (Å²) in [6.45, 7) is 0. The van der Waals surface area contributed by atoms with Crippen molar-refractivity contribution in [2.75, 3.05) is 0 Å². The van der Waals surface area contributed by atoms with Crippen LogP contribution in [0.2, 0.25) is 0 Å². The molecule has 25 heavy (non-hydrogen) atoms. The van der Waals surface area contributed by atoms with E-state index in [-0.39, 0.29) is 29.1 Å². The van der Waals surface area contributed by atoms with Gasteiger partial charge in [-0.15, -0.1) is 0 Å². The minimum absolute atomic E-state index is 0.0347. The van der Waals surface area contributed by atoms with E-state index in [0.717, 1.165) is 11.6 Å². The smallest absolute Gasteiger partial charge is 0.220 e. The average molecular weight is 344 g/mol. The van der Waals surface area contributed by atoms with Crippen LogP contribution in [0.15, 0.2) is 36.4 Å². The van der Waals surface area contributed by atoms with Crippen LogP contribution in [0.25, 0.3) is 22.2 Å². The molecular weight excluding hydrogens is 329 g/mol. The van der Waals surface area contributed by atoms with Crippen molar-refractivity contribution in [2.24, 2.45) is 11.7 Å². The van der Waals surface area contributed by atoms with Crippen LogP contribution in [0.5, 0.6) is 0 Å². The van der Waals surface area contributed by atoms with Crippen molar-refractivity contribution < 1.29 is 18.0 Å². The first-order valence-electron chi connectivity index (χ1n) is 8.00. The molecule has 1 aliphatic rings. The molecule has 1 amide bonds. The molecule has 6 heteroatoms. The van der Waals surface area contributed by atoms with Crippen LogP contribution in [0.1, 0.15) is 24.3 Å². The largest absolute Gasteiger partial charge is 0.369 e. The van der Waals surface area contributed by atoms with Gasteiger partial charge >= 0.3 is 0 Å². The Hall–Kier alpha value is -2.76. The van der Waals surface area contributed by atoms with Crippen LogP contribution >= 0.6 is 0 Å². The molecule has 0 unspecified atom stereocenters. The monoisotopic (exact) mass is 344 g/mol. The zero-order valence-corrected chi connectivity index (χ0v) is 13.2. The van der Waals surface area contributed by atoms with Crippen molar-refractivity contribution >= 4 is 16.8 Å². The number of primary amides is 1. The second kappa shape index (κ2) is 5.65. The van der Waals surface area contributed by atoms with Gasteiger partial charge in [-0.05, 0) is 60.2 Å². The Labute approximate surface area is 141 Å². The van der Waals surface area contributed by atoms with E-state index in [9.17, 15) is 18.0 Å². The van der Waals surface area contributed by atoms with Crippen LogP contribution in [0.4, 0.5) is 13.2 Å². The summed E-state index contributed by atoms with van der Waals surface area (Å²) >= 11 is 0. The van der Waals surface area contributed by atoms with Crippen molar-refractivity contribution in [3.63, 3.8) is 0 Å².